The highest BCUT2D eigenvalue weighted by Gasteiger charge is 2.65. The van der Waals surface area contributed by atoms with Crippen molar-refractivity contribution in [2.75, 3.05) is 63.3 Å². The fourth-order valence-corrected chi connectivity index (χ4v) is 21.3. The van der Waals surface area contributed by atoms with Crippen LogP contribution in [0.1, 0.15) is 224 Å². The molecule has 4 aromatic rings. The Hall–Kier alpha value is -8.40. The summed E-state index contributed by atoms with van der Waals surface area (Å²) in [6.07, 6.45) is 17.3. The maximum atomic E-state index is 15.1. The van der Waals surface area contributed by atoms with E-state index in [9.17, 15) is 45.6 Å². The van der Waals surface area contributed by atoms with Crippen LogP contribution >= 0.6 is 0 Å². The van der Waals surface area contributed by atoms with Gasteiger partial charge in [0.1, 0.15) is 46.5 Å². The van der Waals surface area contributed by atoms with E-state index in [0.717, 1.165) is 111 Å². The van der Waals surface area contributed by atoms with Crippen LogP contribution in [0.25, 0.3) is 21.5 Å². The number of pyridine rings is 2. The van der Waals surface area contributed by atoms with Gasteiger partial charge in [0, 0.05) is 62.6 Å². The van der Waals surface area contributed by atoms with Gasteiger partial charge in [-0.15, -0.1) is 0 Å². The van der Waals surface area contributed by atoms with Gasteiger partial charge >= 0.3 is 11.9 Å². The molecule has 0 radical (unpaired) electrons. The summed E-state index contributed by atoms with van der Waals surface area (Å²) in [5, 5.41) is 3.28. The average Bonchev–Trinajstić information content (AvgIpc) is 1.57. The van der Waals surface area contributed by atoms with E-state index in [1.165, 1.54) is 0 Å². The fraction of sp³-hybridized carbons (Fsp3) is 0.667. The first kappa shape index (κ1) is 87.4. The van der Waals surface area contributed by atoms with Crippen LogP contribution in [0.5, 0.6) is 23.3 Å². The zero-order valence-electron chi connectivity index (χ0n) is 71.5. The summed E-state index contributed by atoms with van der Waals surface area (Å²) >= 11 is 0. The Morgan fingerprint density at radius 2 is 0.890 bits per heavy atom. The number of carbonyl (C=O) groups excluding carboxylic acids is 8. The number of hydrogen-bond acceptors (Lipinski definition) is 22. The van der Waals surface area contributed by atoms with E-state index < -0.39 is 111 Å². The van der Waals surface area contributed by atoms with Crippen LogP contribution in [0.3, 0.4) is 0 Å². The molecule has 10 aliphatic rings. The number of hydrogen-bond donors (Lipinski definition) is 2. The lowest BCUT2D eigenvalue weighted by atomic mass is 9.82. The van der Waals surface area contributed by atoms with Crippen molar-refractivity contribution in [1.29, 1.82) is 0 Å². The molecule has 0 unspecified atom stereocenters. The van der Waals surface area contributed by atoms with Gasteiger partial charge in [-0.25, -0.2) is 16.8 Å². The van der Waals surface area contributed by atoms with E-state index in [1.54, 1.807) is 79.4 Å². The molecule has 4 amide bonds. The lowest BCUT2D eigenvalue weighted by Gasteiger charge is -2.32. The Balaban J connectivity index is 0.000000205. The molecule has 2 N–H and O–H groups in total. The molecule has 4 saturated heterocycles. The zero-order chi connectivity index (χ0) is 85.0. The second-order valence-corrected chi connectivity index (χ2v) is 42.9. The van der Waals surface area contributed by atoms with Gasteiger partial charge in [0.15, 0.2) is 11.6 Å². The average molecular weight is 1670 g/mol. The van der Waals surface area contributed by atoms with Crippen molar-refractivity contribution < 1.29 is 83.6 Å². The van der Waals surface area contributed by atoms with Gasteiger partial charge < -0.3 is 48.0 Å². The highest BCUT2D eigenvalue weighted by Crippen LogP contribution is 2.60. The number of allylic oxidation sites excluding steroid dienone is 4. The third-order valence-corrected chi connectivity index (χ3v) is 30.9. The van der Waals surface area contributed by atoms with Crippen molar-refractivity contribution >= 4 is 100 Å². The molecule has 6 aliphatic heterocycles. The molecule has 2 aromatic carbocycles. The van der Waals surface area contributed by atoms with E-state index in [0.29, 0.717) is 74.6 Å². The maximum absolute atomic E-state index is 15.1. The van der Waals surface area contributed by atoms with Gasteiger partial charge in [0.25, 0.3) is 0 Å². The summed E-state index contributed by atoms with van der Waals surface area (Å²) in [5.41, 5.74) is -4.04. The highest BCUT2D eigenvalue weighted by molar-refractivity contribution is 7.92. The summed E-state index contributed by atoms with van der Waals surface area (Å²) in [4.78, 5) is 132. The monoisotopic (exact) mass is 1670 g/mol. The summed E-state index contributed by atoms with van der Waals surface area (Å²) < 4.78 is 92.0. The van der Waals surface area contributed by atoms with Crippen molar-refractivity contribution in [3.8, 4) is 23.3 Å². The number of nitrogens with one attached hydrogen (secondary N) is 2. The number of benzene rings is 2. The van der Waals surface area contributed by atoms with E-state index in [2.05, 4.69) is 33.1 Å². The minimum atomic E-state index is -3.96. The summed E-state index contributed by atoms with van der Waals surface area (Å²) in [6, 6.07) is 13.4. The number of amides is 4. The number of aromatic nitrogens is 2. The summed E-state index contributed by atoms with van der Waals surface area (Å²) in [6.45, 7) is 25.8. The molecule has 2 aromatic heterocycles. The van der Waals surface area contributed by atoms with Gasteiger partial charge in [0.05, 0.1) is 84.4 Å². The second kappa shape index (κ2) is 34.3. The number of rotatable bonds is 18. The number of carbonyl (C=O) groups is 8. The lowest BCUT2D eigenvalue weighted by Crippen LogP contribution is -2.48. The van der Waals surface area contributed by atoms with Gasteiger partial charge in [-0.3, -0.25) is 47.8 Å². The van der Waals surface area contributed by atoms with Crippen molar-refractivity contribution in [2.45, 2.75) is 269 Å². The number of ether oxygens (including phenoxy) is 6. The number of anilines is 2. The molecule has 8 heterocycles. The molecule has 4 aliphatic carbocycles. The molecular weight excluding hydrogens is 1550 g/mol. The molecule has 118 heavy (non-hydrogen) atoms. The predicted octanol–water partition coefficient (Wildman–Crippen LogP) is 13.0. The number of fused-ring (bicyclic) bond motifs is 6. The number of ketones is 2. The molecule has 8 fully saturated rings. The lowest BCUT2D eigenvalue weighted by molar-refractivity contribution is -0.160. The van der Waals surface area contributed by atoms with Crippen molar-refractivity contribution in [1.82, 2.24) is 29.2 Å². The molecule has 14 rings (SSSR count). The SMILES string of the molecule is COc1ccc2c(O[C@@H]3C[C@H]4C(=O)C[C@]5(C(=O)NS(=O)(=O)C6(C)CC6)C[C@H]5/C=C\CC[C@@H](C)C[C@@H](C)[C@H](CC(=O)OC(C)(C)C)C(=O)N4C3)nc(N3CCCC3)cc2c1.COc1ccc2c(O[C@@H]3C[C@H]4C(=O)C[C@]5(C(=O)NS(=O)(=O)C6(C)CC6)C[C@H]5/C=C\CC[C@H](C)C[C@@H](C)[C@H](CC(=O)OC(C)(C)C)C(=O)N4C3)nc(N3CCCC3)cc2c1. The van der Waals surface area contributed by atoms with Crippen LogP contribution in [-0.2, 0) is 67.9 Å². The van der Waals surface area contributed by atoms with E-state index in [4.69, 9.17) is 38.4 Å². The number of esters is 2. The number of methoxy groups -OCH3 is 2. The molecule has 14 atom stereocenters. The Morgan fingerprint density at radius 3 is 1.23 bits per heavy atom. The largest absolute Gasteiger partial charge is 0.497 e. The highest BCUT2D eigenvalue weighted by atomic mass is 32.2. The third kappa shape index (κ3) is 19.6. The molecule has 644 valence electrons. The minimum absolute atomic E-state index is 0.0604. The van der Waals surface area contributed by atoms with Crippen LogP contribution in [-0.4, -0.2) is 182 Å². The quantitative estimate of drug-likeness (QED) is 0.0690. The second-order valence-electron chi connectivity index (χ2n) is 38.5. The van der Waals surface area contributed by atoms with Crippen molar-refractivity contribution in [3.63, 3.8) is 0 Å². The normalized spacial score (nSPS) is 30.4. The predicted molar refractivity (Wildman–Crippen MR) is 449 cm³/mol. The molecule has 28 heteroatoms. The molecule has 0 bridgehead atoms. The Bertz CT molecular complexity index is 4510. The van der Waals surface area contributed by atoms with E-state index in [-0.39, 0.29) is 111 Å². The first-order chi connectivity index (χ1) is 55.6. The number of nitrogens with zero attached hydrogens (tertiary/aromatic N) is 6. The zero-order valence-corrected chi connectivity index (χ0v) is 73.1. The van der Waals surface area contributed by atoms with Crippen molar-refractivity contribution in [3.05, 3.63) is 72.8 Å². The van der Waals surface area contributed by atoms with E-state index >= 15 is 9.59 Å². The van der Waals surface area contributed by atoms with Crippen LogP contribution < -0.4 is 38.2 Å². The molecule has 26 nitrogen and oxygen atoms in total. The van der Waals surface area contributed by atoms with E-state index in [1.807, 2.05) is 86.7 Å². The van der Waals surface area contributed by atoms with Crippen LogP contribution in [0.4, 0.5) is 11.6 Å². The van der Waals surface area contributed by atoms with Crippen LogP contribution in [0.2, 0.25) is 0 Å². The molecule has 4 saturated carbocycles. The number of sulfonamides is 2. The first-order valence-electron chi connectivity index (χ1n) is 43.0. The van der Waals surface area contributed by atoms with Gasteiger partial charge in [0.2, 0.25) is 55.4 Å². The fourth-order valence-electron chi connectivity index (χ4n) is 18.6. The molecular formula is C90H124N8O18S2. The number of Topliss-reactive ketones (excluding diaryl/α,β-unsaturated/α-hetero) is 2. The standard InChI is InChI=1S/2C45H62N4O9S/c2*1-28-12-8-9-13-31-25-45(31,42(53)47-59(54,55)44(6)16-17-44)26-37(50)36-23-33(27-49(36)41(52)35(29(2)20-28)24-39(51)58-43(3,4)5)57-40-34-15-14-32(56-7)21-30(34)22-38(46-40)48-18-10-11-19-48/h2*9,13-15,21-22,28-29,31,33,35-36H,8,10-12,16-20,23-27H2,1-7H3,(H,47,53)/b2*13-9-/t28-,29+,31+,33+,35-,36-,45+;28-,29-,31-,33-,35+,36+,45-/m01/s1. The van der Waals surface area contributed by atoms with Gasteiger partial charge in [-0.05, 0) is 253 Å². The summed E-state index contributed by atoms with van der Waals surface area (Å²) in [7, 11) is -4.68. The molecule has 0 spiro atoms. The summed E-state index contributed by atoms with van der Waals surface area (Å²) in [5.74, 6) is -2.21. The Morgan fingerprint density at radius 1 is 0.525 bits per heavy atom. The minimum Gasteiger partial charge on any atom is -0.497 e. The Labute approximate surface area is 696 Å². The maximum Gasteiger partial charge on any atom is 0.307 e. The third-order valence-electron chi connectivity index (χ3n) is 26.6. The topological polar surface area (TPSA) is 323 Å². The van der Waals surface area contributed by atoms with Gasteiger partial charge in [-0.2, -0.15) is 9.97 Å². The van der Waals surface area contributed by atoms with Gasteiger partial charge in [-0.1, -0.05) is 52.0 Å². The van der Waals surface area contributed by atoms with Crippen molar-refractivity contribution in [2.24, 2.45) is 58.2 Å². The van der Waals surface area contributed by atoms with Crippen LogP contribution in [0.15, 0.2) is 72.8 Å². The first-order valence-corrected chi connectivity index (χ1v) is 46.0. The Kier molecular flexibility index (Phi) is 25.4. The van der Waals surface area contributed by atoms with Crippen LogP contribution in [0, 0.1) is 58.2 Å². The smallest absolute Gasteiger partial charge is 0.307 e.